The van der Waals surface area contributed by atoms with E-state index in [1.807, 2.05) is 49.4 Å². The van der Waals surface area contributed by atoms with Gasteiger partial charge >= 0.3 is 0 Å². The zero-order valence-corrected chi connectivity index (χ0v) is 20.2. The number of benzene rings is 4. The minimum absolute atomic E-state index is 0.263. The molecule has 0 aliphatic rings. The number of rotatable bonds is 5. The number of hydrogen-bond acceptors (Lipinski definition) is 4. The highest BCUT2D eigenvalue weighted by atomic mass is 32.2. The first-order chi connectivity index (χ1) is 16.8. The molecule has 4 aromatic carbocycles. The van der Waals surface area contributed by atoms with Crippen LogP contribution in [0.4, 0.5) is 4.39 Å². The highest BCUT2D eigenvalue weighted by molar-refractivity contribution is 7.90. The van der Waals surface area contributed by atoms with Gasteiger partial charge in [-0.1, -0.05) is 66.7 Å². The van der Waals surface area contributed by atoms with Gasteiger partial charge in [-0.2, -0.15) is 5.10 Å². The van der Waals surface area contributed by atoms with Gasteiger partial charge in [-0.3, -0.25) is 0 Å². The van der Waals surface area contributed by atoms with Gasteiger partial charge in [0.05, 0.1) is 16.3 Å². The van der Waals surface area contributed by atoms with Crippen LogP contribution in [0, 0.1) is 12.7 Å². The molecule has 7 heteroatoms. The molecule has 35 heavy (non-hydrogen) atoms. The molecule has 176 valence electrons. The van der Waals surface area contributed by atoms with Crippen LogP contribution < -0.4 is 5.73 Å². The molecule has 0 saturated heterocycles. The van der Waals surface area contributed by atoms with Crippen LogP contribution in [0.3, 0.4) is 0 Å². The van der Waals surface area contributed by atoms with Crippen molar-refractivity contribution >= 4 is 20.7 Å². The Labute approximate surface area is 203 Å². The van der Waals surface area contributed by atoms with Crippen molar-refractivity contribution < 1.29 is 12.8 Å². The highest BCUT2D eigenvalue weighted by Gasteiger charge is 2.19. The van der Waals surface area contributed by atoms with Gasteiger partial charge in [-0.05, 0) is 41.8 Å². The van der Waals surface area contributed by atoms with E-state index in [1.54, 1.807) is 47.1 Å². The van der Waals surface area contributed by atoms with Gasteiger partial charge in [-0.25, -0.2) is 17.5 Å². The van der Waals surface area contributed by atoms with Gasteiger partial charge in [0.2, 0.25) is 0 Å². The summed E-state index contributed by atoms with van der Waals surface area (Å²) in [6.45, 7) is 2.24. The maximum atomic E-state index is 16.0. The first kappa shape index (κ1) is 23.0. The maximum Gasteiger partial charge on any atom is 0.176 e. The van der Waals surface area contributed by atoms with Crippen molar-refractivity contribution in [1.29, 1.82) is 0 Å². The van der Waals surface area contributed by atoms with E-state index in [9.17, 15) is 8.42 Å². The van der Waals surface area contributed by atoms with Crippen LogP contribution in [0.2, 0.25) is 0 Å². The Bertz CT molecular complexity index is 1670. The SMILES string of the molecule is Cc1nn(-c2cccc(CN)c2)c2c(F)c(-c3ccc(-c4ccccc4S(C)(=O)=O)cc3)ccc12. The molecule has 5 nitrogen and oxygen atoms in total. The number of sulfone groups is 1. The third kappa shape index (κ3) is 4.13. The average molecular weight is 486 g/mol. The Morgan fingerprint density at radius 3 is 2.26 bits per heavy atom. The molecular weight excluding hydrogens is 461 g/mol. The number of aromatic nitrogens is 2. The zero-order valence-electron chi connectivity index (χ0n) is 19.4. The van der Waals surface area contributed by atoms with Crippen LogP contribution >= 0.6 is 0 Å². The van der Waals surface area contributed by atoms with E-state index >= 15 is 4.39 Å². The number of nitrogens with zero attached hydrogens (tertiary/aromatic N) is 2. The number of nitrogens with two attached hydrogens (primary N) is 1. The number of halogens is 1. The van der Waals surface area contributed by atoms with Crippen molar-refractivity contribution in [1.82, 2.24) is 9.78 Å². The molecule has 2 N–H and O–H groups in total. The van der Waals surface area contributed by atoms with Crippen LogP contribution in [0.5, 0.6) is 0 Å². The Balaban J connectivity index is 1.62. The molecule has 0 fully saturated rings. The molecule has 5 rings (SSSR count). The molecule has 0 atom stereocenters. The average Bonchev–Trinajstić information content (AvgIpc) is 3.21. The fourth-order valence-electron chi connectivity index (χ4n) is 4.40. The fourth-order valence-corrected chi connectivity index (χ4v) is 5.31. The lowest BCUT2D eigenvalue weighted by molar-refractivity contribution is 0.602. The topological polar surface area (TPSA) is 78.0 Å². The second-order valence-corrected chi connectivity index (χ2v) is 10.5. The van der Waals surface area contributed by atoms with Gasteiger partial charge in [0.25, 0.3) is 0 Å². The minimum atomic E-state index is -3.39. The summed E-state index contributed by atoms with van der Waals surface area (Å²) in [6, 6.07) is 25.3. The van der Waals surface area contributed by atoms with E-state index in [-0.39, 0.29) is 10.7 Å². The molecule has 5 aromatic rings. The molecular formula is C28H24FN3O2S. The first-order valence-electron chi connectivity index (χ1n) is 11.1. The predicted octanol–water partition coefficient (Wildman–Crippen LogP) is 5.67. The summed E-state index contributed by atoms with van der Waals surface area (Å²) in [5, 5.41) is 5.34. The standard InChI is InChI=1S/C28H24FN3O2S/c1-18-23-14-15-25(27(29)28(23)32(31-18)22-7-5-6-19(16-22)17-30)21-12-10-20(11-13-21)24-8-3-4-9-26(24)35(2,33)34/h3-16H,17,30H2,1-2H3. The third-order valence-electron chi connectivity index (χ3n) is 6.15. The molecule has 0 amide bonds. The van der Waals surface area contributed by atoms with Crippen molar-refractivity contribution in [2.45, 2.75) is 18.4 Å². The molecule has 0 bridgehead atoms. The lowest BCUT2D eigenvalue weighted by Gasteiger charge is -2.11. The van der Waals surface area contributed by atoms with Crippen LogP contribution in [0.1, 0.15) is 11.3 Å². The monoisotopic (exact) mass is 485 g/mol. The van der Waals surface area contributed by atoms with Gasteiger partial charge in [0, 0.05) is 29.3 Å². The van der Waals surface area contributed by atoms with Crippen molar-refractivity contribution in [2.75, 3.05) is 6.26 Å². The van der Waals surface area contributed by atoms with Crippen LogP contribution in [0.15, 0.2) is 89.8 Å². The zero-order chi connectivity index (χ0) is 24.7. The molecule has 0 unspecified atom stereocenters. The molecule has 0 spiro atoms. The second-order valence-electron chi connectivity index (χ2n) is 8.54. The summed E-state index contributed by atoms with van der Waals surface area (Å²) in [6.07, 6.45) is 1.19. The summed E-state index contributed by atoms with van der Waals surface area (Å²) < 4.78 is 42.0. The van der Waals surface area contributed by atoms with Crippen LogP contribution in [0.25, 0.3) is 38.8 Å². The summed E-state index contributed by atoms with van der Waals surface area (Å²) in [4.78, 5) is 0.263. The van der Waals surface area contributed by atoms with E-state index < -0.39 is 9.84 Å². The Hall–Kier alpha value is -3.81. The number of fused-ring (bicyclic) bond motifs is 1. The van der Waals surface area contributed by atoms with E-state index in [0.29, 0.717) is 28.8 Å². The van der Waals surface area contributed by atoms with E-state index in [4.69, 9.17) is 5.73 Å². The summed E-state index contributed by atoms with van der Waals surface area (Å²) in [7, 11) is -3.39. The Kier molecular flexibility index (Phi) is 5.75. The van der Waals surface area contributed by atoms with Crippen molar-refractivity contribution in [3.63, 3.8) is 0 Å². The van der Waals surface area contributed by atoms with Crippen molar-refractivity contribution in [3.8, 4) is 27.9 Å². The summed E-state index contributed by atoms with van der Waals surface area (Å²) in [5.41, 5.74) is 11.1. The smallest absolute Gasteiger partial charge is 0.176 e. The largest absolute Gasteiger partial charge is 0.326 e. The van der Waals surface area contributed by atoms with E-state index in [1.165, 1.54) is 6.26 Å². The third-order valence-corrected chi connectivity index (χ3v) is 7.31. The number of hydrogen-bond donors (Lipinski definition) is 1. The van der Waals surface area contributed by atoms with Crippen LogP contribution in [-0.2, 0) is 16.4 Å². The maximum absolute atomic E-state index is 16.0. The molecule has 1 heterocycles. The summed E-state index contributed by atoms with van der Waals surface area (Å²) in [5.74, 6) is -0.370. The minimum Gasteiger partial charge on any atom is -0.326 e. The molecule has 1 aromatic heterocycles. The summed E-state index contributed by atoms with van der Waals surface area (Å²) >= 11 is 0. The fraction of sp³-hybridized carbons (Fsp3) is 0.107. The second kappa shape index (κ2) is 8.76. The molecule has 0 radical (unpaired) electrons. The molecule has 0 aliphatic heterocycles. The predicted molar refractivity (Wildman–Crippen MR) is 138 cm³/mol. The first-order valence-corrected chi connectivity index (χ1v) is 13.0. The normalized spacial score (nSPS) is 11.8. The van der Waals surface area contributed by atoms with Crippen molar-refractivity contribution in [2.24, 2.45) is 5.73 Å². The lowest BCUT2D eigenvalue weighted by atomic mass is 9.99. The van der Waals surface area contributed by atoms with Gasteiger partial charge in [0.15, 0.2) is 15.7 Å². The molecule has 0 aliphatic carbocycles. The quantitative estimate of drug-likeness (QED) is 0.348. The Morgan fingerprint density at radius 1 is 0.886 bits per heavy atom. The lowest BCUT2D eigenvalue weighted by Crippen LogP contribution is -2.02. The highest BCUT2D eigenvalue weighted by Crippen LogP contribution is 2.34. The van der Waals surface area contributed by atoms with Gasteiger partial charge in [-0.15, -0.1) is 0 Å². The Morgan fingerprint density at radius 2 is 1.57 bits per heavy atom. The van der Waals surface area contributed by atoms with Crippen LogP contribution in [-0.4, -0.2) is 24.5 Å². The molecule has 0 saturated carbocycles. The van der Waals surface area contributed by atoms with E-state index in [2.05, 4.69) is 5.10 Å². The van der Waals surface area contributed by atoms with E-state index in [0.717, 1.165) is 27.9 Å². The van der Waals surface area contributed by atoms with Crippen molar-refractivity contribution in [3.05, 3.63) is 102 Å². The number of aryl methyl sites for hydroxylation is 1. The van der Waals surface area contributed by atoms with Gasteiger partial charge < -0.3 is 5.73 Å². The van der Waals surface area contributed by atoms with Gasteiger partial charge in [0.1, 0.15) is 5.52 Å².